The SMILES string of the molecule is OC1CCCN(c2ccnc(-c3ccncc3F)n2)C1. The van der Waals surface area contributed by atoms with Gasteiger partial charge in [-0.1, -0.05) is 0 Å². The Kier molecular flexibility index (Phi) is 3.56. The molecule has 0 spiro atoms. The number of piperidine rings is 1. The van der Waals surface area contributed by atoms with Gasteiger partial charge in [-0.3, -0.25) is 4.98 Å². The van der Waals surface area contributed by atoms with Crippen LogP contribution in [0.1, 0.15) is 12.8 Å². The van der Waals surface area contributed by atoms with Crippen LogP contribution in [-0.2, 0) is 0 Å². The maximum atomic E-state index is 13.7. The number of hydrogen-bond donors (Lipinski definition) is 1. The monoisotopic (exact) mass is 274 g/mol. The number of hydrogen-bond acceptors (Lipinski definition) is 5. The highest BCUT2D eigenvalue weighted by Gasteiger charge is 2.19. The second-order valence-electron chi connectivity index (χ2n) is 4.84. The van der Waals surface area contributed by atoms with Crippen LogP contribution in [0.4, 0.5) is 10.2 Å². The van der Waals surface area contributed by atoms with E-state index < -0.39 is 5.82 Å². The third-order valence-corrected chi connectivity index (χ3v) is 3.37. The van der Waals surface area contributed by atoms with Crippen molar-refractivity contribution in [2.45, 2.75) is 18.9 Å². The summed E-state index contributed by atoms with van der Waals surface area (Å²) in [5.74, 6) is 0.607. The van der Waals surface area contributed by atoms with Crippen LogP contribution in [0.2, 0.25) is 0 Å². The Labute approximate surface area is 116 Å². The molecular formula is C14H15FN4O. The molecule has 20 heavy (non-hydrogen) atoms. The zero-order valence-electron chi connectivity index (χ0n) is 10.9. The van der Waals surface area contributed by atoms with Crippen molar-refractivity contribution in [1.29, 1.82) is 0 Å². The van der Waals surface area contributed by atoms with Crippen molar-refractivity contribution in [3.63, 3.8) is 0 Å². The first kappa shape index (κ1) is 12.9. The first-order valence-corrected chi connectivity index (χ1v) is 6.60. The minimum absolute atomic E-state index is 0.333. The van der Waals surface area contributed by atoms with E-state index >= 15 is 0 Å². The van der Waals surface area contributed by atoms with Crippen LogP contribution < -0.4 is 4.90 Å². The lowest BCUT2D eigenvalue weighted by Crippen LogP contribution is -2.38. The van der Waals surface area contributed by atoms with Crippen molar-refractivity contribution in [2.75, 3.05) is 18.0 Å². The number of rotatable bonds is 2. The summed E-state index contributed by atoms with van der Waals surface area (Å²) in [4.78, 5) is 14.2. The number of aliphatic hydroxyl groups is 1. The molecule has 5 nitrogen and oxygen atoms in total. The van der Waals surface area contributed by atoms with E-state index in [9.17, 15) is 9.50 Å². The molecule has 3 rings (SSSR count). The van der Waals surface area contributed by atoms with Gasteiger partial charge in [0.15, 0.2) is 11.6 Å². The third-order valence-electron chi connectivity index (χ3n) is 3.37. The zero-order valence-corrected chi connectivity index (χ0v) is 10.9. The predicted molar refractivity (Wildman–Crippen MR) is 72.7 cm³/mol. The van der Waals surface area contributed by atoms with Gasteiger partial charge in [-0.25, -0.2) is 14.4 Å². The van der Waals surface area contributed by atoms with Crippen molar-refractivity contribution in [3.8, 4) is 11.4 Å². The van der Waals surface area contributed by atoms with Gasteiger partial charge in [-0.15, -0.1) is 0 Å². The highest BCUT2D eigenvalue weighted by Crippen LogP contribution is 2.22. The summed E-state index contributed by atoms with van der Waals surface area (Å²) in [6.45, 7) is 1.39. The molecule has 1 aliphatic heterocycles. The number of anilines is 1. The van der Waals surface area contributed by atoms with Crippen LogP contribution in [-0.4, -0.2) is 39.3 Å². The molecule has 1 N–H and O–H groups in total. The maximum absolute atomic E-state index is 13.7. The molecule has 1 unspecified atom stereocenters. The standard InChI is InChI=1S/C14H15FN4O/c15-12-8-16-5-3-11(12)14-17-6-4-13(18-14)19-7-1-2-10(20)9-19/h3-6,8,10,20H,1-2,7,9H2. The lowest BCUT2D eigenvalue weighted by Gasteiger charge is -2.31. The van der Waals surface area contributed by atoms with Crippen LogP contribution in [0.25, 0.3) is 11.4 Å². The number of β-amino-alcohol motifs (C(OH)–C–C–N with tert-alkyl or cyclic N) is 1. The number of aliphatic hydroxyl groups excluding tert-OH is 1. The normalized spacial score (nSPS) is 19.1. The second kappa shape index (κ2) is 5.50. The average molecular weight is 274 g/mol. The van der Waals surface area contributed by atoms with Crippen molar-refractivity contribution in [1.82, 2.24) is 15.0 Å². The van der Waals surface area contributed by atoms with Gasteiger partial charge >= 0.3 is 0 Å². The first-order valence-electron chi connectivity index (χ1n) is 6.60. The fourth-order valence-electron chi connectivity index (χ4n) is 2.37. The van der Waals surface area contributed by atoms with Gasteiger partial charge in [-0.05, 0) is 25.0 Å². The van der Waals surface area contributed by atoms with Gasteiger partial charge in [0, 0.05) is 25.5 Å². The number of nitrogens with zero attached hydrogens (tertiary/aromatic N) is 4. The second-order valence-corrected chi connectivity index (χ2v) is 4.84. The Morgan fingerprint density at radius 1 is 1.30 bits per heavy atom. The van der Waals surface area contributed by atoms with Gasteiger partial charge in [-0.2, -0.15) is 0 Å². The van der Waals surface area contributed by atoms with Crippen LogP contribution >= 0.6 is 0 Å². The summed E-state index contributed by atoms with van der Waals surface area (Å²) in [5.41, 5.74) is 0.333. The van der Waals surface area contributed by atoms with Gasteiger partial charge in [0.1, 0.15) is 5.82 Å². The largest absolute Gasteiger partial charge is 0.391 e. The Balaban J connectivity index is 1.92. The zero-order chi connectivity index (χ0) is 13.9. The quantitative estimate of drug-likeness (QED) is 0.902. The molecule has 0 aliphatic carbocycles. The van der Waals surface area contributed by atoms with E-state index in [1.807, 2.05) is 4.90 Å². The van der Waals surface area contributed by atoms with E-state index in [1.54, 1.807) is 18.3 Å². The lowest BCUT2D eigenvalue weighted by atomic mass is 10.1. The fourth-order valence-corrected chi connectivity index (χ4v) is 2.37. The van der Waals surface area contributed by atoms with E-state index in [0.717, 1.165) is 25.6 Å². The maximum Gasteiger partial charge on any atom is 0.164 e. The molecule has 0 amide bonds. The van der Waals surface area contributed by atoms with Crippen LogP contribution in [0.3, 0.4) is 0 Å². The molecule has 104 valence electrons. The van der Waals surface area contributed by atoms with Crippen LogP contribution in [0, 0.1) is 5.82 Å². The van der Waals surface area contributed by atoms with Gasteiger partial charge in [0.2, 0.25) is 0 Å². The highest BCUT2D eigenvalue weighted by atomic mass is 19.1. The van der Waals surface area contributed by atoms with Crippen molar-refractivity contribution >= 4 is 5.82 Å². The molecule has 1 fully saturated rings. The Morgan fingerprint density at radius 2 is 2.20 bits per heavy atom. The fraction of sp³-hybridized carbons (Fsp3) is 0.357. The molecule has 1 atom stereocenters. The van der Waals surface area contributed by atoms with Crippen molar-refractivity contribution in [2.24, 2.45) is 0 Å². The molecule has 1 saturated heterocycles. The predicted octanol–water partition coefficient (Wildman–Crippen LogP) is 1.64. The molecule has 0 aromatic carbocycles. The summed E-state index contributed by atoms with van der Waals surface area (Å²) in [6.07, 6.45) is 5.67. The van der Waals surface area contributed by atoms with E-state index in [2.05, 4.69) is 15.0 Å². The first-order chi connectivity index (χ1) is 9.74. The summed E-state index contributed by atoms with van der Waals surface area (Å²) in [7, 11) is 0. The number of aromatic nitrogens is 3. The van der Waals surface area contributed by atoms with Gasteiger partial charge in [0.05, 0.1) is 17.9 Å². The van der Waals surface area contributed by atoms with E-state index in [4.69, 9.17) is 0 Å². The Morgan fingerprint density at radius 3 is 3.00 bits per heavy atom. The molecule has 0 saturated carbocycles. The summed E-state index contributed by atoms with van der Waals surface area (Å²) < 4.78 is 13.7. The smallest absolute Gasteiger partial charge is 0.164 e. The summed E-state index contributed by atoms with van der Waals surface area (Å²) in [6, 6.07) is 3.33. The lowest BCUT2D eigenvalue weighted by molar-refractivity contribution is 0.154. The minimum Gasteiger partial charge on any atom is -0.391 e. The topological polar surface area (TPSA) is 62.1 Å². The van der Waals surface area contributed by atoms with Crippen LogP contribution in [0.5, 0.6) is 0 Å². The Bertz CT molecular complexity index is 607. The summed E-state index contributed by atoms with van der Waals surface area (Å²) >= 11 is 0. The number of halogens is 1. The van der Waals surface area contributed by atoms with E-state index in [-0.39, 0.29) is 6.10 Å². The van der Waals surface area contributed by atoms with E-state index in [0.29, 0.717) is 23.8 Å². The molecule has 0 bridgehead atoms. The van der Waals surface area contributed by atoms with E-state index in [1.165, 1.54) is 6.20 Å². The third kappa shape index (κ3) is 2.60. The molecule has 6 heteroatoms. The van der Waals surface area contributed by atoms with Crippen LogP contribution in [0.15, 0.2) is 30.7 Å². The van der Waals surface area contributed by atoms with Gasteiger partial charge in [0.25, 0.3) is 0 Å². The van der Waals surface area contributed by atoms with Gasteiger partial charge < -0.3 is 10.0 Å². The summed E-state index contributed by atoms with van der Waals surface area (Å²) in [5, 5.41) is 9.72. The molecule has 2 aromatic rings. The molecular weight excluding hydrogens is 259 g/mol. The highest BCUT2D eigenvalue weighted by molar-refractivity contribution is 5.57. The molecule has 3 heterocycles. The minimum atomic E-state index is -0.441. The molecule has 0 radical (unpaired) electrons. The van der Waals surface area contributed by atoms with Crippen molar-refractivity contribution in [3.05, 3.63) is 36.5 Å². The average Bonchev–Trinajstić information content (AvgIpc) is 2.48. The van der Waals surface area contributed by atoms with Crippen molar-refractivity contribution < 1.29 is 9.50 Å². The molecule has 2 aromatic heterocycles. The number of pyridine rings is 1. The molecule has 1 aliphatic rings. The Hall–Kier alpha value is -2.08.